The van der Waals surface area contributed by atoms with E-state index in [-0.39, 0.29) is 18.8 Å². The van der Waals surface area contributed by atoms with Crippen LogP contribution in [0.3, 0.4) is 0 Å². The number of aromatic amines is 1. The SMILES string of the molecule is CC(C)C(N)C(=O)NC(Cc1c[nH]c2ccccc12)C(=O)NC(Cc1ccccc1)C(=O)O. The minimum Gasteiger partial charge on any atom is -0.480 e. The van der Waals surface area contributed by atoms with E-state index in [4.69, 9.17) is 5.73 Å². The molecule has 3 aromatic rings. The number of nitrogens with one attached hydrogen (secondary N) is 3. The summed E-state index contributed by atoms with van der Waals surface area (Å²) in [5.74, 6) is -2.30. The fraction of sp³-hybridized carbons (Fsp3) is 0.320. The molecule has 8 nitrogen and oxygen atoms in total. The number of nitrogens with two attached hydrogens (primary N) is 1. The van der Waals surface area contributed by atoms with Gasteiger partial charge in [0.05, 0.1) is 6.04 Å². The van der Waals surface area contributed by atoms with Gasteiger partial charge in [0.25, 0.3) is 0 Å². The molecule has 0 aliphatic rings. The Morgan fingerprint density at radius 2 is 1.55 bits per heavy atom. The van der Waals surface area contributed by atoms with Crippen LogP contribution in [0.25, 0.3) is 10.9 Å². The van der Waals surface area contributed by atoms with Crippen LogP contribution in [-0.4, -0.2) is 46.0 Å². The van der Waals surface area contributed by atoms with Gasteiger partial charge in [-0.05, 0) is 23.1 Å². The first-order chi connectivity index (χ1) is 15.8. The molecule has 0 bridgehead atoms. The highest BCUT2D eigenvalue weighted by molar-refractivity contribution is 5.93. The van der Waals surface area contributed by atoms with Crippen LogP contribution in [0.4, 0.5) is 0 Å². The van der Waals surface area contributed by atoms with E-state index in [1.807, 2.05) is 56.3 Å². The van der Waals surface area contributed by atoms with Gasteiger partial charge in [0.1, 0.15) is 12.1 Å². The van der Waals surface area contributed by atoms with Crippen LogP contribution in [0.15, 0.2) is 60.8 Å². The van der Waals surface area contributed by atoms with Gasteiger partial charge in [0.15, 0.2) is 0 Å². The molecule has 0 spiro atoms. The minimum atomic E-state index is -1.15. The van der Waals surface area contributed by atoms with Crippen molar-refractivity contribution in [3.05, 3.63) is 71.9 Å². The molecule has 3 unspecified atom stereocenters. The molecule has 3 rings (SSSR count). The van der Waals surface area contributed by atoms with Crippen LogP contribution in [0, 0.1) is 5.92 Å². The summed E-state index contributed by atoms with van der Waals surface area (Å²) in [5, 5.41) is 15.9. The molecule has 1 heterocycles. The van der Waals surface area contributed by atoms with Crippen LogP contribution >= 0.6 is 0 Å². The third kappa shape index (κ3) is 6.20. The molecule has 2 amide bonds. The lowest BCUT2D eigenvalue weighted by molar-refractivity contribution is -0.142. The molecule has 0 saturated carbocycles. The summed E-state index contributed by atoms with van der Waals surface area (Å²) in [6.07, 6.45) is 2.10. The number of carboxylic acids is 1. The first kappa shape index (κ1) is 24.0. The summed E-state index contributed by atoms with van der Waals surface area (Å²) in [6, 6.07) is 13.8. The lowest BCUT2D eigenvalue weighted by Crippen LogP contribution is -2.56. The van der Waals surface area contributed by atoms with Crippen LogP contribution in [0.1, 0.15) is 25.0 Å². The number of benzene rings is 2. The maximum absolute atomic E-state index is 13.2. The molecule has 6 N–H and O–H groups in total. The number of rotatable bonds is 10. The molecule has 1 aromatic heterocycles. The Balaban J connectivity index is 1.82. The zero-order valence-corrected chi connectivity index (χ0v) is 18.7. The summed E-state index contributed by atoms with van der Waals surface area (Å²) in [7, 11) is 0. The van der Waals surface area contributed by atoms with Gasteiger partial charge < -0.3 is 26.5 Å². The van der Waals surface area contributed by atoms with Crippen molar-refractivity contribution in [3.63, 3.8) is 0 Å². The molecule has 0 aliphatic heterocycles. The number of hydrogen-bond donors (Lipinski definition) is 5. The van der Waals surface area contributed by atoms with Gasteiger partial charge in [-0.1, -0.05) is 62.4 Å². The van der Waals surface area contributed by atoms with Crippen molar-refractivity contribution >= 4 is 28.7 Å². The van der Waals surface area contributed by atoms with Crippen molar-refractivity contribution < 1.29 is 19.5 Å². The molecule has 174 valence electrons. The van der Waals surface area contributed by atoms with E-state index in [1.165, 1.54) is 0 Å². The molecule has 0 saturated heterocycles. The number of hydrogen-bond acceptors (Lipinski definition) is 4. The summed E-state index contributed by atoms with van der Waals surface area (Å²) >= 11 is 0. The Hall–Kier alpha value is -3.65. The van der Waals surface area contributed by atoms with E-state index in [0.29, 0.717) is 0 Å². The van der Waals surface area contributed by atoms with Gasteiger partial charge in [-0.3, -0.25) is 9.59 Å². The average Bonchev–Trinajstić information content (AvgIpc) is 3.21. The van der Waals surface area contributed by atoms with Crippen molar-refractivity contribution in [1.82, 2.24) is 15.6 Å². The zero-order chi connectivity index (χ0) is 24.0. The maximum atomic E-state index is 13.2. The zero-order valence-electron chi connectivity index (χ0n) is 18.7. The number of carboxylic acid groups (broad SMARTS) is 1. The number of carbonyl (C=O) groups excluding carboxylic acids is 2. The highest BCUT2D eigenvalue weighted by Crippen LogP contribution is 2.19. The lowest BCUT2D eigenvalue weighted by atomic mass is 10.0. The lowest BCUT2D eigenvalue weighted by Gasteiger charge is -2.24. The third-order valence-corrected chi connectivity index (χ3v) is 5.65. The Morgan fingerprint density at radius 1 is 0.909 bits per heavy atom. The highest BCUT2D eigenvalue weighted by atomic mass is 16.4. The van der Waals surface area contributed by atoms with E-state index < -0.39 is 35.9 Å². The fourth-order valence-electron chi connectivity index (χ4n) is 3.62. The molecule has 0 radical (unpaired) electrons. The van der Waals surface area contributed by atoms with Crippen molar-refractivity contribution in [3.8, 4) is 0 Å². The second-order valence-corrected chi connectivity index (χ2v) is 8.48. The molecule has 8 heteroatoms. The summed E-state index contributed by atoms with van der Waals surface area (Å²) in [6.45, 7) is 3.64. The van der Waals surface area contributed by atoms with Gasteiger partial charge in [-0.2, -0.15) is 0 Å². The van der Waals surface area contributed by atoms with Crippen LogP contribution in [-0.2, 0) is 27.2 Å². The molecular weight excluding hydrogens is 420 g/mol. The van der Waals surface area contributed by atoms with Gasteiger partial charge >= 0.3 is 5.97 Å². The first-order valence-corrected chi connectivity index (χ1v) is 10.9. The Kier molecular flexibility index (Phi) is 7.84. The smallest absolute Gasteiger partial charge is 0.326 e. The average molecular weight is 451 g/mol. The molecule has 0 fully saturated rings. The van der Waals surface area contributed by atoms with Crippen LogP contribution in [0.5, 0.6) is 0 Å². The maximum Gasteiger partial charge on any atom is 0.326 e. The molecular formula is C25H30N4O4. The second kappa shape index (κ2) is 10.8. The van der Waals surface area contributed by atoms with Gasteiger partial charge in [-0.15, -0.1) is 0 Å². The number of fused-ring (bicyclic) bond motifs is 1. The first-order valence-electron chi connectivity index (χ1n) is 10.9. The highest BCUT2D eigenvalue weighted by Gasteiger charge is 2.29. The van der Waals surface area contributed by atoms with Gasteiger partial charge in [-0.25, -0.2) is 4.79 Å². The van der Waals surface area contributed by atoms with Crippen LogP contribution < -0.4 is 16.4 Å². The molecule has 2 aromatic carbocycles. The topological polar surface area (TPSA) is 137 Å². The largest absolute Gasteiger partial charge is 0.480 e. The standard InChI is InChI=1S/C25H30N4O4/c1-15(2)22(26)24(31)28-20(13-17-14-27-19-11-7-6-10-18(17)19)23(30)29-21(25(32)33)12-16-8-4-3-5-9-16/h3-11,14-15,20-22,27H,12-13,26H2,1-2H3,(H,28,31)(H,29,30)(H,32,33). The molecule has 33 heavy (non-hydrogen) atoms. The quantitative estimate of drug-likeness (QED) is 0.322. The minimum absolute atomic E-state index is 0.119. The monoisotopic (exact) mass is 450 g/mol. The number of aromatic nitrogens is 1. The molecule has 0 aliphatic carbocycles. The predicted octanol–water partition coefficient (Wildman–Crippen LogP) is 1.99. The Labute approximate surface area is 192 Å². The van der Waals surface area contributed by atoms with Crippen molar-refractivity contribution in [2.24, 2.45) is 11.7 Å². The van der Waals surface area contributed by atoms with Crippen molar-refractivity contribution in [1.29, 1.82) is 0 Å². The van der Waals surface area contributed by atoms with Gasteiger partial charge in [0.2, 0.25) is 11.8 Å². The summed E-state index contributed by atoms with van der Waals surface area (Å²) in [5.41, 5.74) is 8.50. The van der Waals surface area contributed by atoms with E-state index in [9.17, 15) is 19.5 Å². The number of amides is 2. The Bertz CT molecular complexity index is 1110. The van der Waals surface area contributed by atoms with E-state index >= 15 is 0 Å². The fourth-order valence-corrected chi connectivity index (χ4v) is 3.62. The van der Waals surface area contributed by atoms with E-state index in [0.717, 1.165) is 22.0 Å². The Morgan fingerprint density at radius 3 is 2.21 bits per heavy atom. The third-order valence-electron chi connectivity index (χ3n) is 5.65. The number of carbonyl (C=O) groups is 3. The number of para-hydroxylation sites is 1. The second-order valence-electron chi connectivity index (χ2n) is 8.48. The van der Waals surface area contributed by atoms with Crippen molar-refractivity contribution in [2.75, 3.05) is 0 Å². The van der Waals surface area contributed by atoms with E-state index in [1.54, 1.807) is 18.3 Å². The van der Waals surface area contributed by atoms with Crippen LogP contribution in [0.2, 0.25) is 0 Å². The van der Waals surface area contributed by atoms with Crippen molar-refractivity contribution in [2.45, 2.75) is 44.8 Å². The number of aliphatic carboxylic acids is 1. The summed E-state index contributed by atoms with van der Waals surface area (Å²) in [4.78, 5) is 40.9. The number of H-pyrrole nitrogens is 1. The normalized spacial score (nSPS) is 13.9. The molecule has 3 atom stereocenters. The summed E-state index contributed by atoms with van der Waals surface area (Å²) < 4.78 is 0. The predicted molar refractivity (Wildman–Crippen MR) is 126 cm³/mol. The van der Waals surface area contributed by atoms with Gasteiger partial charge in [0, 0.05) is 29.9 Å². The van der Waals surface area contributed by atoms with E-state index in [2.05, 4.69) is 15.6 Å².